The second kappa shape index (κ2) is 9.20. The van der Waals surface area contributed by atoms with Gasteiger partial charge in [-0.05, 0) is 58.2 Å². The van der Waals surface area contributed by atoms with Gasteiger partial charge in [0.25, 0.3) is 0 Å². The van der Waals surface area contributed by atoms with Crippen molar-refractivity contribution in [2.75, 3.05) is 20.1 Å². The summed E-state index contributed by atoms with van der Waals surface area (Å²) in [6, 6.07) is 14.4. The Kier molecular flexibility index (Phi) is 7.27. The summed E-state index contributed by atoms with van der Waals surface area (Å²) in [6.07, 6.45) is 3.34. The zero-order chi connectivity index (χ0) is 17.5. The van der Waals surface area contributed by atoms with Gasteiger partial charge in [-0.1, -0.05) is 37.3 Å². The first-order valence-electron chi connectivity index (χ1n) is 9.39. The molecule has 3 nitrogen and oxygen atoms in total. The van der Waals surface area contributed by atoms with Gasteiger partial charge in [-0.25, -0.2) is 0 Å². The van der Waals surface area contributed by atoms with E-state index < -0.39 is 0 Å². The predicted octanol–water partition coefficient (Wildman–Crippen LogP) is 4.16. The van der Waals surface area contributed by atoms with Gasteiger partial charge in [-0.15, -0.1) is 0 Å². The smallest absolute Gasteiger partial charge is 0.0652 e. The molecule has 0 N–H and O–H groups in total. The number of piperidine rings is 1. The standard InChI is InChI=1S/C21H33N3/c1-17(14-22)9-8-12-24(16-20-10-6-5-7-11-20)21-13-19(3)23(4)15-18(21)2/h5-7,10-11,17-19,21H,8-9,12-13,15-16H2,1-4H3/t17-,18+,19-,21-/m1/s1. The Labute approximate surface area is 148 Å². The number of hydrogen-bond acceptors (Lipinski definition) is 3. The van der Waals surface area contributed by atoms with Gasteiger partial charge in [0.15, 0.2) is 0 Å². The molecule has 0 saturated carbocycles. The van der Waals surface area contributed by atoms with Crippen LogP contribution in [0.4, 0.5) is 0 Å². The van der Waals surface area contributed by atoms with Crippen molar-refractivity contribution in [3.8, 4) is 6.07 Å². The molecule has 24 heavy (non-hydrogen) atoms. The zero-order valence-corrected chi connectivity index (χ0v) is 15.8. The minimum atomic E-state index is 0.164. The van der Waals surface area contributed by atoms with Crippen LogP contribution in [0.15, 0.2) is 30.3 Å². The molecule has 0 aromatic heterocycles. The minimum absolute atomic E-state index is 0.164. The third-order valence-electron chi connectivity index (χ3n) is 5.57. The van der Waals surface area contributed by atoms with Crippen molar-refractivity contribution in [3.05, 3.63) is 35.9 Å². The first-order valence-corrected chi connectivity index (χ1v) is 9.39. The van der Waals surface area contributed by atoms with Gasteiger partial charge in [0.1, 0.15) is 0 Å². The van der Waals surface area contributed by atoms with Crippen molar-refractivity contribution < 1.29 is 0 Å². The molecule has 1 aliphatic heterocycles. The number of benzene rings is 1. The van der Waals surface area contributed by atoms with Crippen molar-refractivity contribution in [2.24, 2.45) is 11.8 Å². The third kappa shape index (κ3) is 5.33. The van der Waals surface area contributed by atoms with Crippen molar-refractivity contribution in [1.82, 2.24) is 9.80 Å². The van der Waals surface area contributed by atoms with Gasteiger partial charge < -0.3 is 4.90 Å². The molecule has 1 saturated heterocycles. The quantitative estimate of drug-likeness (QED) is 0.753. The summed E-state index contributed by atoms with van der Waals surface area (Å²) in [4.78, 5) is 5.16. The highest BCUT2D eigenvalue weighted by molar-refractivity contribution is 5.14. The fourth-order valence-electron chi connectivity index (χ4n) is 3.87. The molecular weight excluding hydrogens is 294 g/mol. The van der Waals surface area contributed by atoms with Crippen molar-refractivity contribution in [2.45, 2.75) is 58.7 Å². The van der Waals surface area contributed by atoms with E-state index in [1.54, 1.807) is 0 Å². The first-order chi connectivity index (χ1) is 11.5. The van der Waals surface area contributed by atoms with Gasteiger partial charge in [-0.3, -0.25) is 4.90 Å². The van der Waals surface area contributed by atoms with E-state index in [1.165, 1.54) is 18.5 Å². The molecular formula is C21H33N3. The average Bonchev–Trinajstić information content (AvgIpc) is 2.58. The van der Waals surface area contributed by atoms with E-state index in [4.69, 9.17) is 5.26 Å². The van der Waals surface area contributed by atoms with Crippen LogP contribution in [0.1, 0.15) is 45.6 Å². The van der Waals surface area contributed by atoms with Gasteiger partial charge in [0.05, 0.1) is 6.07 Å². The summed E-state index contributed by atoms with van der Waals surface area (Å²) >= 11 is 0. The molecule has 0 bridgehead atoms. The lowest BCUT2D eigenvalue weighted by Gasteiger charge is -2.45. The summed E-state index contributed by atoms with van der Waals surface area (Å²) in [5.74, 6) is 0.848. The largest absolute Gasteiger partial charge is 0.303 e. The number of rotatable bonds is 7. The number of likely N-dealkylation sites (tertiary alicyclic amines) is 1. The van der Waals surface area contributed by atoms with Crippen LogP contribution in [-0.4, -0.2) is 42.0 Å². The second-order valence-corrected chi connectivity index (χ2v) is 7.70. The van der Waals surface area contributed by atoms with Gasteiger partial charge >= 0.3 is 0 Å². The summed E-state index contributed by atoms with van der Waals surface area (Å²) < 4.78 is 0. The van der Waals surface area contributed by atoms with Crippen LogP contribution in [0.3, 0.4) is 0 Å². The molecule has 1 aromatic carbocycles. The molecule has 1 fully saturated rings. The summed E-state index contributed by atoms with van der Waals surface area (Å²) in [5, 5.41) is 9.02. The zero-order valence-electron chi connectivity index (χ0n) is 15.8. The normalized spacial score (nSPS) is 26.2. The van der Waals surface area contributed by atoms with Crippen LogP contribution in [0.2, 0.25) is 0 Å². The molecule has 1 aromatic rings. The Morgan fingerprint density at radius 3 is 2.67 bits per heavy atom. The fraction of sp³-hybridized carbons (Fsp3) is 0.667. The van der Waals surface area contributed by atoms with Crippen molar-refractivity contribution in [1.29, 1.82) is 5.26 Å². The molecule has 2 rings (SSSR count). The van der Waals surface area contributed by atoms with Crippen LogP contribution < -0.4 is 0 Å². The summed E-state index contributed by atoms with van der Waals surface area (Å²) in [6.45, 7) is 10.0. The Bertz CT molecular complexity index is 522. The van der Waals surface area contributed by atoms with E-state index in [0.717, 1.165) is 25.9 Å². The molecule has 0 unspecified atom stereocenters. The van der Waals surface area contributed by atoms with Gasteiger partial charge in [0.2, 0.25) is 0 Å². The molecule has 1 heterocycles. The van der Waals surface area contributed by atoms with Crippen molar-refractivity contribution in [3.63, 3.8) is 0 Å². The van der Waals surface area contributed by atoms with E-state index in [9.17, 15) is 0 Å². The van der Waals surface area contributed by atoms with Crippen LogP contribution in [0.5, 0.6) is 0 Å². The van der Waals surface area contributed by atoms with E-state index in [1.807, 2.05) is 6.92 Å². The molecule has 0 aliphatic carbocycles. The van der Waals surface area contributed by atoms with E-state index in [0.29, 0.717) is 18.0 Å². The number of nitrogens with zero attached hydrogens (tertiary/aromatic N) is 3. The third-order valence-corrected chi connectivity index (χ3v) is 5.57. The number of hydrogen-bond donors (Lipinski definition) is 0. The first kappa shape index (κ1) is 19.0. The predicted molar refractivity (Wildman–Crippen MR) is 101 cm³/mol. The lowest BCUT2D eigenvalue weighted by Crippen LogP contribution is -2.52. The van der Waals surface area contributed by atoms with E-state index in [-0.39, 0.29) is 5.92 Å². The monoisotopic (exact) mass is 327 g/mol. The van der Waals surface area contributed by atoms with Crippen LogP contribution in [0, 0.1) is 23.2 Å². The van der Waals surface area contributed by atoms with E-state index >= 15 is 0 Å². The maximum absolute atomic E-state index is 9.02. The lowest BCUT2D eigenvalue weighted by molar-refractivity contribution is 0.0398. The topological polar surface area (TPSA) is 30.3 Å². The number of nitriles is 1. The van der Waals surface area contributed by atoms with Crippen LogP contribution in [-0.2, 0) is 6.54 Å². The van der Waals surface area contributed by atoms with Crippen molar-refractivity contribution >= 4 is 0 Å². The Morgan fingerprint density at radius 2 is 2.00 bits per heavy atom. The highest BCUT2D eigenvalue weighted by atomic mass is 15.2. The Hall–Kier alpha value is -1.37. The molecule has 4 atom stereocenters. The van der Waals surface area contributed by atoms with Crippen LogP contribution >= 0.6 is 0 Å². The van der Waals surface area contributed by atoms with E-state index in [2.05, 4.69) is 67.1 Å². The van der Waals surface area contributed by atoms with Crippen LogP contribution in [0.25, 0.3) is 0 Å². The summed E-state index contributed by atoms with van der Waals surface area (Å²) in [7, 11) is 2.24. The molecule has 3 heteroatoms. The Balaban J connectivity index is 2.05. The summed E-state index contributed by atoms with van der Waals surface area (Å²) in [5.41, 5.74) is 1.39. The molecule has 1 aliphatic rings. The maximum Gasteiger partial charge on any atom is 0.0652 e. The second-order valence-electron chi connectivity index (χ2n) is 7.70. The minimum Gasteiger partial charge on any atom is -0.303 e. The highest BCUT2D eigenvalue weighted by Crippen LogP contribution is 2.27. The SMILES string of the molecule is C[C@@H]1C[C@@H](N(CCC[C@@H](C)C#N)Cc2ccccc2)[C@@H](C)CN1C. The molecule has 132 valence electrons. The lowest BCUT2D eigenvalue weighted by atomic mass is 9.88. The van der Waals surface area contributed by atoms with Gasteiger partial charge in [-0.2, -0.15) is 5.26 Å². The molecule has 0 radical (unpaired) electrons. The average molecular weight is 328 g/mol. The van der Waals surface area contributed by atoms with Gasteiger partial charge in [0, 0.05) is 31.1 Å². The maximum atomic E-state index is 9.02. The molecule has 0 amide bonds. The highest BCUT2D eigenvalue weighted by Gasteiger charge is 2.32. The Morgan fingerprint density at radius 1 is 1.29 bits per heavy atom. The molecule has 0 spiro atoms. The fourth-order valence-corrected chi connectivity index (χ4v) is 3.87.